The van der Waals surface area contributed by atoms with Crippen LogP contribution in [0.1, 0.15) is 58.7 Å². The third kappa shape index (κ3) is 4.08. The monoisotopic (exact) mass is 434 g/mol. The molecule has 1 aliphatic carbocycles. The number of amides is 1. The summed E-state index contributed by atoms with van der Waals surface area (Å²) in [5.41, 5.74) is -0.0889. The molecule has 1 N–H and O–H groups in total. The number of anilines is 1. The zero-order valence-electron chi connectivity index (χ0n) is 16.1. The SMILES string of the molecule is Cc1nc(C(F)F)c(C(=O)Nc2ccc(OC(F)(F)F)c3c2CC(C)C3(C)C)s1. The number of carbonyl (C=O) groups is 1. The quantitative estimate of drug-likeness (QED) is 0.600. The number of aromatic nitrogens is 1. The van der Waals surface area contributed by atoms with E-state index < -0.39 is 29.8 Å². The molecule has 0 spiro atoms. The molecule has 1 aromatic carbocycles. The van der Waals surface area contributed by atoms with E-state index in [0.29, 0.717) is 22.6 Å². The Morgan fingerprint density at radius 2 is 2.00 bits per heavy atom. The van der Waals surface area contributed by atoms with E-state index in [-0.39, 0.29) is 22.2 Å². The molecule has 2 aromatic rings. The van der Waals surface area contributed by atoms with Gasteiger partial charge in [0.25, 0.3) is 12.3 Å². The molecule has 4 nitrogen and oxygen atoms in total. The summed E-state index contributed by atoms with van der Waals surface area (Å²) in [5.74, 6) is -1.11. The van der Waals surface area contributed by atoms with Crippen LogP contribution in [0.25, 0.3) is 0 Å². The van der Waals surface area contributed by atoms with E-state index in [1.54, 1.807) is 13.8 Å². The molecular weight excluding hydrogens is 415 g/mol. The Balaban J connectivity index is 2.02. The molecule has 1 atom stereocenters. The first-order valence-electron chi connectivity index (χ1n) is 8.80. The number of nitrogens with zero attached hydrogens (tertiary/aromatic N) is 1. The summed E-state index contributed by atoms with van der Waals surface area (Å²) in [6.45, 7) is 7.02. The van der Waals surface area contributed by atoms with Gasteiger partial charge in [-0.3, -0.25) is 4.79 Å². The lowest BCUT2D eigenvalue weighted by molar-refractivity contribution is -0.275. The Labute approximate surface area is 168 Å². The van der Waals surface area contributed by atoms with E-state index >= 15 is 0 Å². The molecule has 1 amide bonds. The normalized spacial score (nSPS) is 18.1. The van der Waals surface area contributed by atoms with Crippen molar-refractivity contribution >= 4 is 22.9 Å². The van der Waals surface area contributed by atoms with E-state index in [0.717, 1.165) is 17.4 Å². The highest BCUT2D eigenvalue weighted by molar-refractivity contribution is 7.13. The molecular formula is C19H19F5N2O2S. The predicted octanol–water partition coefficient (Wildman–Crippen LogP) is 6.01. The van der Waals surface area contributed by atoms with Gasteiger partial charge < -0.3 is 10.1 Å². The van der Waals surface area contributed by atoms with Crippen LogP contribution in [-0.4, -0.2) is 17.3 Å². The summed E-state index contributed by atoms with van der Waals surface area (Å²) in [4.78, 5) is 16.1. The molecule has 158 valence electrons. The standard InChI is InChI=1S/C19H19F5N2O2S/c1-8-7-10-11(26-17(27)15-14(16(20)21)25-9(2)29-15)5-6-12(28-19(22,23)24)13(10)18(8,3)4/h5-6,8,16H,7H2,1-4H3,(H,26,27). The van der Waals surface area contributed by atoms with Gasteiger partial charge in [-0.05, 0) is 42.4 Å². The maximum atomic E-state index is 13.2. The Bertz CT molecular complexity index is 953. The number of hydrogen-bond acceptors (Lipinski definition) is 4. The number of ether oxygens (including phenoxy) is 1. The fourth-order valence-electron chi connectivity index (χ4n) is 3.61. The maximum absolute atomic E-state index is 13.2. The lowest BCUT2D eigenvalue weighted by Crippen LogP contribution is -2.25. The van der Waals surface area contributed by atoms with Crippen LogP contribution >= 0.6 is 11.3 Å². The molecule has 1 heterocycles. The van der Waals surface area contributed by atoms with Gasteiger partial charge in [0.1, 0.15) is 16.3 Å². The van der Waals surface area contributed by atoms with Crippen molar-refractivity contribution in [2.45, 2.75) is 52.3 Å². The Morgan fingerprint density at radius 3 is 2.59 bits per heavy atom. The fraction of sp³-hybridized carbons (Fsp3) is 0.474. The average molecular weight is 434 g/mol. The molecule has 1 aliphatic rings. The number of aryl methyl sites for hydroxylation is 1. The van der Waals surface area contributed by atoms with Gasteiger partial charge in [-0.25, -0.2) is 13.8 Å². The van der Waals surface area contributed by atoms with Crippen molar-refractivity contribution in [2.24, 2.45) is 5.92 Å². The highest BCUT2D eigenvalue weighted by atomic mass is 32.1. The summed E-state index contributed by atoms with van der Waals surface area (Å²) in [6, 6.07) is 2.45. The van der Waals surface area contributed by atoms with E-state index in [4.69, 9.17) is 0 Å². The molecule has 1 unspecified atom stereocenters. The number of nitrogens with one attached hydrogen (secondary N) is 1. The second-order valence-corrected chi connectivity index (χ2v) is 8.74. The molecule has 0 radical (unpaired) electrons. The maximum Gasteiger partial charge on any atom is 0.573 e. The Kier molecular flexibility index (Phi) is 5.35. The molecule has 0 bridgehead atoms. The van der Waals surface area contributed by atoms with Gasteiger partial charge in [-0.1, -0.05) is 20.8 Å². The lowest BCUT2D eigenvalue weighted by atomic mass is 9.79. The van der Waals surface area contributed by atoms with Crippen LogP contribution in [0.3, 0.4) is 0 Å². The van der Waals surface area contributed by atoms with Gasteiger partial charge in [0.15, 0.2) is 0 Å². The first kappa shape index (κ1) is 21.5. The molecule has 1 aromatic heterocycles. The fourth-order valence-corrected chi connectivity index (χ4v) is 4.43. The zero-order chi connectivity index (χ0) is 21.7. The molecule has 3 rings (SSSR count). The summed E-state index contributed by atoms with van der Waals surface area (Å²) >= 11 is 0.838. The summed E-state index contributed by atoms with van der Waals surface area (Å²) in [6.07, 6.45) is -7.35. The minimum atomic E-state index is -4.85. The second kappa shape index (κ2) is 7.23. The van der Waals surface area contributed by atoms with Crippen molar-refractivity contribution in [1.29, 1.82) is 0 Å². The average Bonchev–Trinajstić information content (AvgIpc) is 3.07. The predicted molar refractivity (Wildman–Crippen MR) is 98.8 cm³/mol. The van der Waals surface area contributed by atoms with E-state index in [9.17, 15) is 26.7 Å². The molecule has 10 heteroatoms. The van der Waals surface area contributed by atoms with Gasteiger partial charge in [-0.2, -0.15) is 0 Å². The van der Waals surface area contributed by atoms with Crippen LogP contribution in [0.2, 0.25) is 0 Å². The van der Waals surface area contributed by atoms with E-state index in [1.807, 2.05) is 6.92 Å². The minimum absolute atomic E-state index is 0.0200. The number of hydrogen-bond donors (Lipinski definition) is 1. The van der Waals surface area contributed by atoms with Crippen LogP contribution in [0.4, 0.5) is 27.6 Å². The van der Waals surface area contributed by atoms with Crippen LogP contribution < -0.4 is 10.1 Å². The van der Waals surface area contributed by atoms with Crippen LogP contribution in [-0.2, 0) is 11.8 Å². The third-order valence-electron chi connectivity index (χ3n) is 5.31. The molecule has 0 aliphatic heterocycles. The third-order valence-corrected chi connectivity index (χ3v) is 6.29. The Hall–Kier alpha value is -2.23. The van der Waals surface area contributed by atoms with Gasteiger partial charge in [0, 0.05) is 11.3 Å². The van der Waals surface area contributed by atoms with Crippen molar-refractivity contribution in [3.63, 3.8) is 0 Å². The van der Waals surface area contributed by atoms with Gasteiger partial charge >= 0.3 is 6.36 Å². The van der Waals surface area contributed by atoms with Crippen molar-refractivity contribution in [3.05, 3.63) is 38.8 Å². The van der Waals surface area contributed by atoms with Crippen molar-refractivity contribution < 1.29 is 31.5 Å². The topological polar surface area (TPSA) is 51.2 Å². The summed E-state index contributed by atoms with van der Waals surface area (Å²) in [7, 11) is 0. The first-order chi connectivity index (χ1) is 13.3. The van der Waals surface area contributed by atoms with E-state index in [2.05, 4.69) is 15.0 Å². The largest absolute Gasteiger partial charge is 0.573 e. The van der Waals surface area contributed by atoms with Crippen molar-refractivity contribution in [1.82, 2.24) is 4.98 Å². The number of rotatable bonds is 4. The van der Waals surface area contributed by atoms with Crippen molar-refractivity contribution in [2.75, 3.05) is 5.32 Å². The Morgan fingerprint density at radius 1 is 1.34 bits per heavy atom. The summed E-state index contributed by atoms with van der Waals surface area (Å²) < 4.78 is 69.1. The minimum Gasteiger partial charge on any atom is -0.405 e. The number of carbonyl (C=O) groups excluding carboxylic acids is 1. The highest BCUT2D eigenvalue weighted by Crippen LogP contribution is 2.50. The summed E-state index contributed by atoms with van der Waals surface area (Å²) in [5, 5.41) is 2.90. The van der Waals surface area contributed by atoms with Crippen LogP contribution in [0, 0.1) is 12.8 Å². The number of halogens is 5. The smallest absolute Gasteiger partial charge is 0.405 e. The molecule has 29 heavy (non-hydrogen) atoms. The number of alkyl halides is 5. The number of benzene rings is 1. The van der Waals surface area contributed by atoms with Gasteiger partial charge in [0.05, 0.1) is 5.01 Å². The van der Waals surface area contributed by atoms with Gasteiger partial charge in [0.2, 0.25) is 0 Å². The van der Waals surface area contributed by atoms with Crippen LogP contribution in [0.15, 0.2) is 12.1 Å². The van der Waals surface area contributed by atoms with E-state index in [1.165, 1.54) is 13.0 Å². The number of thiazole rings is 1. The lowest BCUT2D eigenvalue weighted by Gasteiger charge is -2.27. The number of fused-ring (bicyclic) bond motifs is 1. The highest BCUT2D eigenvalue weighted by Gasteiger charge is 2.43. The van der Waals surface area contributed by atoms with Crippen LogP contribution in [0.5, 0.6) is 5.75 Å². The zero-order valence-corrected chi connectivity index (χ0v) is 16.9. The first-order valence-corrected chi connectivity index (χ1v) is 9.61. The second-order valence-electron chi connectivity index (χ2n) is 7.54. The van der Waals surface area contributed by atoms with Gasteiger partial charge in [-0.15, -0.1) is 24.5 Å². The van der Waals surface area contributed by atoms with Crippen molar-refractivity contribution in [3.8, 4) is 5.75 Å². The molecule has 0 fully saturated rings. The molecule has 0 saturated heterocycles. The molecule has 0 saturated carbocycles.